The third kappa shape index (κ3) is 2.05. The van der Waals surface area contributed by atoms with Gasteiger partial charge in [0, 0.05) is 12.1 Å². The Morgan fingerprint density at radius 1 is 1.72 bits per heavy atom. The van der Waals surface area contributed by atoms with Crippen LogP contribution in [0.1, 0.15) is 25.3 Å². The quantitative estimate of drug-likeness (QED) is 0.322. The molecule has 6 heteroatoms. The molecule has 1 saturated carbocycles. The van der Waals surface area contributed by atoms with Crippen molar-refractivity contribution >= 4 is 11.7 Å². The lowest BCUT2D eigenvalue weighted by molar-refractivity contribution is -0.133. The molecular formula is C12H17N3O3. The molecule has 0 aliphatic heterocycles. The van der Waals surface area contributed by atoms with E-state index in [0.717, 1.165) is 5.56 Å². The van der Waals surface area contributed by atoms with Gasteiger partial charge < -0.3 is 20.7 Å². The second-order valence-electron chi connectivity index (χ2n) is 4.90. The molecule has 0 spiro atoms. The number of nitrogens with zero attached hydrogens (tertiary/aromatic N) is 1. The maximum absolute atomic E-state index is 12.2. The molecule has 6 nitrogen and oxygen atoms in total. The Morgan fingerprint density at radius 3 is 2.94 bits per heavy atom. The van der Waals surface area contributed by atoms with Crippen molar-refractivity contribution in [1.82, 2.24) is 5.32 Å². The fraction of sp³-hybridized carbons (Fsp3) is 0.500. The summed E-state index contributed by atoms with van der Waals surface area (Å²) in [6.45, 7) is 2.41. The van der Waals surface area contributed by atoms with Crippen LogP contribution in [-0.2, 0) is 11.3 Å². The first-order chi connectivity index (χ1) is 8.58. The standard InChI is InChI=1S/C12H17N3O3/c1-8-4-12(5-8,10(13)15-17)11(16)14-6-9-2-3-18-7-9/h2-3,7-8,17H,4-6H2,1H3,(H2,13,15)(H,14,16). The van der Waals surface area contributed by atoms with Crippen molar-refractivity contribution in [2.24, 2.45) is 22.2 Å². The highest BCUT2D eigenvalue weighted by Gasteiger charge is 2.52. The summed E-state index contributed by atoms with van der Waals surface area (Å²) in [5.74, 6) is 0.201. The summed E-state index contributed by atoms with van der Waals surface area (Å²) in [4.78, 5) is 12.2. The Kier molecular flexibility index (Phi) is 3.27. The van der Waals surface area contributed by atoms with Gasteiger partial charge in [-0.15, -0.1) is 0 Å². The van der Waals surface area contributed by atoms with E-state index < -0.39 is 5.41 Å². The van der Waals surface area contributed by atoms with E-state index in [4.69, 9.17) is 15.4 Å². The van der Waals surface area contributed by atoms with Crippen LogP contribution in [0.15, 0.2) is 28.2 Å². The van der Waals surface area contributed by atoms with E-state index >= 15 is 0 Å². The Balaban J connectivity index is 2.01. The van der Waals surface area contributed by atoms with E-state index in [0.29, 0.717) is 25.3 Å². The molecular weight excluding hydrogens is 234 g/mol. The molecule has 0 atom stereocenters. The minimum absolute atomic E-state index is 0.00899. The number of oxime groups is 1. The molecule has 0 bridgehead atoms. The average molecular weight is 251 g/mol. The summed E-state index contributed by atoms with van der Waals surface area (Å²) in [5, 5.41) is 14.6. The van der Waals surface area contributed by atoms with E-state index in [1.807, 2.05) is 6.92 Å². The van der Waals surface area contributed by atoms with Crippen LogP contribution < -0.4 is 11.1 Å². The van der Waals surface area contributed by atoms with Gasteiger partial charge in [0.15, 0.2) is 5.84 Å². The number of amidine groups is 1. The minimum atomic E-state index is -0.849. The van der Waals surface area contributed by atoms with Crippen molar-refractivity contribution in [1.29, 1.82) is 0 Å². The highest BCUT2D eigenvalue weighted by Crippen LogP contribution is 2.45. The topological polar surface area (TPSA) is 101 Å². The molecule has 98 valence electrons. The third-order valence-corrected chi connectivity index (χ3v) is 3.46. The van der Waals surface area contributed by atoms with E-state index in [9.17, 15) is 4.79 Å². The van der Waals surface area contributed by atoms with Crippen LogP contribution in [0.25, 0.3) is 0 Å². The molecule has 4 N–H and O–H groups in total. The van der Waals surface area contributed by atoms with Crippen LogP contribution in [0.5, 0.6) is 0 Å². The highest BCUT2D eigenvalue weighted by atomic mass is 16.4. The lowest BCUT2D eigenvalue weighted by atomic mass is 9.61. The number of hydrogen-bond donors (Lipinski definition) is 3. The van der Waals surface area contributed by atoms with Crippen LogP contribution in [0.2, 0.25) is 0 Å². The number of nitrogens with two attached hydrogens (primary N) is 1. The van der Waals surface area contributed by atoms with Gasteiger partial charge in [0.05, 0.1) is 12.5 Å². The van der Waals surface area contributed by atoms with Gasteiger partial charge in [0.25, 0.3) is 0 Å². The summed E-state index contributed by atoms with van der Waals surface area (Å²) in [6.07, 6.45) is 4.34. The lowest BCUT2D eigenvalue weighted by Gasteiger charge is -2.43. The molecule has 1 fully saturated rings. The molecule has 18 heavy (non-hydrogen) atoms. The number of carbonyl (C=O) groups excluding carboxylic acids is 1. The lowest BCUT2D eigenvalue weighted by Crippen LogP contribution is -2.56. The number of nitrogens with one attached hydrogen (secondary N) is 1. The molecule has 1 aromatic rings. The normalized spacial score (nSPS) is 27.6. The van der Waals surface area contributed by atoms with Gasteiger partial charge in [0.2, 0.25) is 5.91 Å². The highest BCUT2D eigenvalue weighted by molar-refractivity contribution is 6.07. The number of rotatable bonds is 4. The Bertz CT molecular complexity index is 447. The van der Waals surface area contributed by atoms with E-state index in [-0.39, 0.29) is 11.7 Å². The molecule has 0 aromatic carbocycles. The van der Waals surface area contributed by atoms with Gasteiger partial charge in [0.1, 0.15) is 5.41 Å². The molecule has 1 aliphatic rings. The zero-order valence-corrected chi connectivity index (χ0v) is 10.2. The smallest absolute Gasteiger partial charge is 0.234 e. The molecule has 1 amide bonds. The zero-order valence-electron chi connectivity index (χ0n) is 10.2. The summed E-state index contributed by atoms with van der Waals surface area (Å²) in [6, 6.07) is 1.78. The molecule has 0 saturated heterocycles. The number of hydrogen-bond acceptors (Lipinski definition) is 4. The molecule has 1 heterocycles. The van der Waals surface area contributed by atoms with Crippen molar-refractivity contribution in [3.63, 3.8) is 0 Å². The van der Waals surface area contributed by atoms with Crippen LogP contribution in [0.4, 0.5) is 0 Å². The monoisotopic (exact) mass is 251 g/mol. The van der Waals surface area contributed by atoms with E-state index in [2.05, 4.69) is 10.5 Å². The van der Waals surface area contributed by atoms with Gasteiger partial charge in [-0.1, -0.05) is 12.1 Å². The predicted molar refractivity (Wildman–Crippen MR) is 64.8 cm³/mol. The molecule has 1 aromatic heterocycles. The SMILES string of the molecule is CC1CC(C(=O)NCc2ccoc2)(/C(N)=N/O)C1. The van der Waals surface area contributed by atoms with Gasteiger partial charge in [-0.2, -0.15) is 0 Å². The van der Waals surface area contributed by atoms with Crippen molar-refractivity contribution in [3.8, 4) is 0 Å². The van der Waals surface area contributed by atoms with Crippen LogP contribution in [-0.4, -0.2) is 17.0 Å². The molecule has 2 rings (SSSR count). The molecule has 0 radical (unpaired) electrons. The second kappa shape index (κ2) is 4.72. The van der Waals surface area contributed by atoms with Crippen LogP contribution in [0.3, 0.4) is 0 Å². The van der Waals surface area contributed by atoms with Gasteiger partial charge >= 0.3 is 0 Å². The Morgan fingerprint density at radius 2 is 2.44 bits per heavy atom. The van der Waals surface area contributed by atoms with E-state index in [1.54, 1.807) is 18.6 Å². The maximum atomic E-state index is 12.2. The van der Waals surface area contributed by atoms with Crippen molar-refractivity contribution in [2.75, 3.05) is 0 Å². The number of furan rings is 1. The second-order valence-corrected chi connectivity index (χ2v) is 4.90. The minimum Gasteiger partial charge on any atom is -0.472 e. The number of carbonyl (C=O) groups is 1. The van der Waals surface area contributed by atoms with Crippen LogP contribution in [0, 0.1) is 11.3 Å². The summed E-state index contributed by atoms with van der Waals surface area (Å²) in [5.41, 5.74) is 5.68. The largest absolute Gasteiger partial charge is 0.472 e. The summed E-state index contributed by atoms with van der Waals surface area (Å²) in [7, 11) is 0. The summed E-state index contributed by atoms with van der Waals surface area (Å²) >= 11 is 0. The Hall–Kier alpha value is -1.98. The summed E-state index contributed by atoms with van der Waals surface area (Å²) < 4.78 is 4.92. The predicted octanol–water partition coefficient (Wildman–Crippen LogP) is 1.06. The van der Waals surface area contributed by atoms with Gasteiger partial charge in [-0.25, -0.2) is 0 Å². The fourth-order valence-electron chi connectivity index (χ4n) is 2.48. The first-order valence-electron chi connectivity index (χ1n) is 5.86. The van der Waals surface area contributed by atoms with Crippen molar-refractivity contribution < 1.29 is 14.4 Å². The van der Waals surface area contributed by atoms with Gasteiger partial charge in [-0.3, -0.25) is 4.79 Å². The average Bonchev–Trinajstić information content (AvgIpc) is 2.83. The first kappa shape index (κ1) is 12.5. The number of amides is 1. The third-order valence-electron chi connectivity index (χ3n) is 3.46. The first-order valence-corrected chi connectivity index (χ1v) is 5.86. The fourth-order valence-corrected chi connectivity index (χ4v) is 2.48. The maximum Gasteiger partial charge on any atom is 0.234 e. The zero-order chi connectivity index (χ0) is 13.2. The van der Waals surface area contributed by atoms with Crippen molar-refractivity contribution in [2.45, 2.75) is 26.3 Å². The van der Waals surface area contributed by atoms with Crippen molar-refractivity contribution in [3.05, 3.63) is 24.2 Å². The van der Waals surface area contributed by atoms with E-state index in [1.165, 1.54) is 0 Å². The Labute approximate surface area is 105 Å². The molecule has 0 unspecified atom stereocenters. The molecule has 1 aliphatic carbocycles. The van der Waals surface area contributed by atoms with Crippen LogP contribution >= 0.6 is 0 Å². The van der Waals surface area contributed by atoms with Gasteiger partial charge in [-0.05, 0) is 24.8 Å².